The normalized spacial score (nSPS) is 17.4. The molecule has 0 amide bonds. The van der Waals surface area contributed by atoms with E-state index in [2.05, 4.69) is 22.5 Å². The van der Waals surface area contributed by atoms with Gasteiger partial charge in [-0.1, -0.05) is 6.07 Å². The van der Waals surface area contributed by atoms with Crippen LogP contribution in [0.1, 0.15) is 48.3 Å². The summed E-state index contributed by atoms with van der Waals surface area (Å²) in [6, 6.07) is 12.1. The molecule has 0 aliphatic carbocycles. The summed E-state index contributed by atoms with van der Waals surface area (Å²) in [6.45, 7) is 4.34. The Morgan fingerprint density at radius 2 is 2.00 bits per heavy atom. The Balaban J connectivity index is 1.65. The van der Waals surface area contributed by atoms with Crippen molar-refractivity contribution in [2.45, 2.75) is 39.3 Å². The monoisotopic (exact) mass is 349 g/mol. The highest BCUT2D eigenvalue weighted by Gasteiger charge is 2.18. The van der Waals surface area contributed by atoms with E-state index in [1.54, 1.807) is 6.92 Å². The maximum Gasteiger partial charge on any atom is 0.160 e. The summed E-state index contributed by atoms with van der Waals surface area (Å²) < 4.78 is 7.87. The van der Waals surface area contributed by atoms with Crippen LogP contribution < -0.4 is 5.32 Å². The highest BCUT2D eigenvalue weighted by molar-refractivity contribution is 5.96. The Kier molecular flexibility index (Phi) is 4.47. The summed E-state index contributed by atoms with van der Waals surface area (Å²) in [5, 5.41) is 9.04. The number of fused-ring (bicyclic) bond motifs is 1. The molecule has 2 heterocycles. The van der Waals surface area contributed by atoms with Gasteiger partial charge in [0.25, 0.3) is 0 Å². The van der Waals surface area contributed by atoms with Crippen LogP contribution in [0.2, 0.25) is 0 Å². The maximum absolute atomic E-state index is 11.8. The largest absolute Gasteiger partial charge is 0.356 e. The number of hydrogen-bond donors (Lipinski definition) is 1. The van der Waals surface area contributed by atoms with Crippen LogP contribution in [0.15, 0.2) is 42.6 Å². The number of Topliss-reactive ketones (excluding diaryl/α,β-unsaturated/α-hetero) is 1. The molecule has 5 heteroatoms. The first-order chi connectivity index (χ1) is 12.6. The predicted octanol–water partition coefficient (Wildman–Crippen LogP) is 4.99. The number of hydrogen-bond acceptors (Lipinski definition) is 4. The van der Waals surface area contributed by atoms with Gasteiger partial charge in [0.15, 0.2) is 12.0 Å². The topological polar surface area (TPSA) is 56.2 Å². The molecule has 0 radical (unpaired) electrons. The second-order valence-electron chi connectivity index (χ2n) is 6.89. The fraction of sp³-hybridized carbons (Fsp3) is 0.333. The second-order valence-corrected chi connectivity index (χ2v) is 6.89. The third-order valence-electron chi connectivity index (χ3n) is 4.93. The maximum atomic E-state index is 11.8. The van der Waals surface area contributed by atoms with Crippen molar-refractivity contribution in [2.24, 2.45) is 0 Å². The molecule has 0 bridgehead atoms. The van der Waals surface area contributed by atoms with E-state index in [0.717, 1.165) is 52.9 Å². The van der Waals surface area contributed by atoms with E-state index >= 15 is 0 Å². The fourth-order valence-corrected chi connectivity index (χ4v) is 3.51. The second kappa shape index (κ2) is 6.92. The number of carbonyl (C=O) groups is 1. The van der Waals surface area contributed by atoms with Gasteiger partial charge in [0.1, 0.15) is 0 Å². The van der Waals surface area contributed by atoms with Gasteiger partial charge in [-0.15, -0.1) is 0 Å². The first-order valence-electron chi connectivity index (χ1n) is 9.09. The molecule has 0 saturated carbocycles. The smallest absolute Gasteiger partial charge is 0.160 e. The molecular formula is C21H23N3O2. The van der Waals surface area contributed by atoms with Gasteiger partial charge >= 0.3 is 0 Å². The molecule has 1 N–H and O–H groups in total. The number of nitrogens with zero attached hydrogens (tertiary/aromatic N) is 2. The van der Waals surface area contributed by atoms with E-state index in [4.69, 9.17) is 4.74 Å². The first kappa shape index (κ1) is 16.8. The molecule has 134 valence electrons. The van der Waals surface area contributed by atoms with Gasteiger partial charge in [-0.25, -0.2) is 4.68 Å². The predicted molar refractivity (Wildman–Crippen MR) is 103 cm³/mol. The summed E-state index contributed by atoms with van der Waals surface area (Å²) in [7, 11) is 0. The van der Waals surface area contributed by atoms with Gasteiger partial charge in [0, 0.05) is 28.9 Å². The van der Waals surface area contributed by atoms with Crippen molar-refractivity contribution in [3.8, 4) is 0 Å². The number of nitrogens with one attached hydrogen (secondary N) is 1. The number of anilines is 2. The zero-order valence-electron chi connectivity index (χ0n) is 15.2. The molecular weight excluding hydrogens is 326 g/mol. The standard InChI is InChI=1S/C21H23N3O2/c1-14-6-8-17(11-19(14)15(2)25)23-18-9-7-16-13-22-24(20(16)12-18)21-5-3-4-10-26-21/h6-9,11-13,21,23H,3-5,10H2,1-2H3. The molecule has 0 spiro atoms. The summed E-state index contributed by atoms with van der Waals surface area (Å²) in [5.41, 5.74) is 4.66. The van der Waals surface area contributed by atoms with Crippen molar-refractivity contribution in [1.29, 1.82) is 0 Å². The quantitative estimate of drug-likeness (QED) is 0.674. The zero-order valence-corrected chi connectivity index (χ0v) is 15.2. The van der Waals surface area contributed by atoms with Crippen molar-refractivity contribution < 1.29 is 9.53 Å². The van der Waals surface area contributed by atoms with Gasteiger partial charge < -0.3 is 10.1 Å². The molecule has 2 aromatic carbocycles. The van der Waals surface area contributed by atoms with Crippen LogP contribution in [0.4, 0.5) is 11.4 Å². The first-order valence-corrected chi connectivity index (χ1v) is 9.09. The van der Waals surface area contributed by atoms with Crippen LogP contribution in [0.5, 0.6) is 0 Å². The molecule has 3 aromatic rings. The van der Waals surface area contributed by atoms with Crippen LogP contribution in [0, 0.1) is 6.92 Å². The Hall–Kier alpha value is -2.66. The van der Waals surface area contributed by atoms with Crippen LogP contribution in [-0.2, 0) is 4.74 Å². The van der Waals surface area contributed by atoms with E-state index in [-0.39, 0.29) is 12.0 Å². The van der Waals surface area contributed by atoms with Gasteiger partial charge in [0.2, 0.25) is 0 Å². The Morgan fingerprint density at radius 3 is 2.77 bits per heavy atom. The number of ketones is 1. The van der Waals surface area contributed by atoms with Gasteiger partial charge in [-0.3, -0.25) is 4.79 Å². The molecule has 1 aliphatic heterocycles. The number of rotatable bonds is 4. The number of carbonyl (C=O) groups excluding carboxylic acids is 1. The third kappa shape index (κ3) is 3.22. The summed E-state index contributed by atoms with van der Waals surface area (Å²) >= 11 is 0. The number of benzene rings is 2. The average Bonchev–Trinajstić information content (AvgIpc) is 3.07. The molecule has 26 heavy (non-hydrogen) atoms. The van der Waals surface area contributed by atoms with Crippen LogP contribution in [-0.4, -0.2) is 22.2 Å². The van der Waals surface area contributed by atoms with Crippen LogP contribution >= 0.6 is 0 Å². The lowest BCUT2D eigenvalue weighted by atomic mass is 10.0. The summed E-state index contributed by atoms with van der Waals surface area (Å²) in [5.74, 6) is 0.0779. The van der Waals surface area contributed by atoms with Crippen molar-refractivity contribution in [2.75, 3.05) is 11.9 Å². The number of aromatic nitrogens is 2. The van der Waals surface area contributed by atoms with Crippen molar-refractivity contribution in [3.63, 3.8) is 0 Å². The lowest BCUT2D eigenvalue weighted by Crippen LogP contribution is -2.18. The highest BCUT2D eigenvalue weighted by Crippen LogP contribution is 2.29. The summed E-state index contributed by atoms with van der Waals surface area (Å²) in [4.78, 5) is 11.8. The van der Waals surface area contributed by atoms with E-state index in [1.165, 1.54) is 6.42 Å². The summed E-state index contributed by atoms with van der Waals surface area (Å²) in [6.07, 6.45) is 5.18. The molecule has 1 saturated heterocycles. The third-order valence-corrected chi connectivity index (χ3v) is 4.93. The minimum Gasteiger partial charge on any atom is -0.356 e. The van der Waals surface area contributed by atoms with E-state index in [0.29, 0.717) is 0 Å². The van der Waals surface area contributed by atoms with Gasteiger partial charge in [-0.2, -0.15) is 5.10 Å². The minimum atomic E-state index is 0.0141. The molecule has 1 unspecified atom stereocenters. The van der Waals surface area contributed by atoms with Crippen LogP contribution in [0.25, 0.3) is 10.9 Å². The van der Waals surface area contributed by atoms with E-state index < -0.39 is 0 Å². The number of aryl methyl sites for hydroxylation is 1. The van der Waals surface area contributed by atoms with Crippen molar-refractivity contribution in [3.05, 3.63) is 53.7 Å². The molecule has 1 aliphatic rings. The minimum absolute atomic E-state index is 0.0141. The van der Waals surface area contributed by atoms with E-state index in [9.17, 15) is 4.79 Å². The average molecular weight is 349 g/mol. The van der Waals surface area contributed by atoms with Crippen LogP contribution in [0.3, 0.4) is 0 Å². The molecule has 1 aromatic heterocycles. The SMILES string of the molecule is CC(=O)c1cc(Nc2ccc3cnn(C4CCCCO4)c3c2)ccc1C. The van der Waals surface area contributed by atoms with Gasteiger partial charge in [-0.05, 0) is 69.0 Å². The van der Waals surface area contributed by atoms with E-state index in [1.807, 2.05) is 42.1 Å². The lowest BCUT2D eigenvalue weighted by molar-refractivity contribution is -0.0366. The molecule has 5 nitrogen and oxygen atoms in total. The Morgan fingerprint density at radius 1 is 1.19 bits per heavy atom. The number of ether oxygens (including phenoxy) is 1. The molecule has 4 rings (SSSR count). The molecule has 1 fully saturated rings. The zero-order chi connectivity index (χ0) is 18.1. The van der Waals surface area contributed by atoms with Crippen molar-refractivity contribution in [1.82, 2.24) is 9.78 Å². The lowest BCUT2D eigenvalue weighted by Gasteiger charge is -2.23. The highest BCUT2D eigenvalue weighted by atomic mass is 16.5. The Labute approximate surface area is 153 Å². The van der Waals surface area contributed by atoms with Crippen molar-refractivity contribution >= 4 is 28.1 Å². The molecule has 1 atom stereocenters. The van der Waals surface area contributed by atoms with Gasteiger partial charge in [0.05, 0.1) is 11.7 Å². The Bertz CT molecular complexity index is 955. The fourth-order valence-electron chi connectivity index (χ4n) is 3.51.